The first kappa shape index (κ1) is 38.3. The van der Waals surface area contributed by atoms with Crippen molar-refractivity contribution in [1.82, 2.24) is 5.32 Å². The quantitative estimate of drug-likeness (QED) is 0.207. The minimum absolute atomic E-state index is 0.103. The third-order valence-corrected chi connectivity index (χ3v) is 6.62. The summed E-state index contributed by atoms with van der Waals surface area (Å²) in [5.74, 6) is 0.461. The van der Waals surface area contributed by atoms with Gasteiger partial charge in [0.1, 0.15) is 0 Å². The second-order valence-corrected chi connectivity index (χ2v) is 9.51. The van der Waals surface area contributed by atoms with E-state index in [-0.39, 0.29) is 12.0 Å². The second-order valence-electron chi connectivity index (χ2n) is 9.51. The van der Waals surface area contributed by atoms with Crippen molar-refractivity contribution in [1.29, 1.82) is 0 Å². The van der Waals surface area contributed by atoms with Crippen LogP contribution in [0.3, 0.4) is 0 Å². The Morgan fingerprint density at radius 3 is 2.05 bits per heavy atom. The summed E-state index contributed by atoms with van der Waals surface area (Å²) in [6.45, 7) is 19.1. The molecule has 0 bridgehead atoms. The van der Waals surface area contributed by atoms with Gasteiger partial charge >= 0.3 is 0 Å². The first-order chi connectivity index (χ1) is 18.3. The van der Waals surface area contributed by atoms with E-state index in [1.165, 1.54) is 46.2 Å². The van der Waals surface area contributed by atoms with Crippen molar-refractivity contribution in [2.24, 2.45) is 5.92 Å². The van der Waals surface area contributed by atoms with Crippen LogP contribution < -0.4 is 5.32 Å². The van der Waals surface area contributed by atoms with E-state index in [1.807, 2.05) is 20.9 Å². The van der Waals surface area contributed by atoms with Crippen LogP contribution in [0.15, 0.2) is 54.1 Å². The summed E-state index contributed by atoms with van der Waals surface area (Å²) in [4.78, 5) is 12.7. The van der Waals surface area contributed by atoms with E-state index in [2.05, 4.69) is 115 Å². The molecule has 0 spiro atoms. The monoisotopic (exact) mass is 541 g/mol. The second kappa shape index (κ2) is 24.2. The fraction of sp³-hybridized carbons (Fsp3) is 0.571. The summed E-state index contributed by atoms with van der Waals surface area (Å²) in [7, 11) is 1.89. The number of carbonyl (C=O) groups excluding carboxylic acids is 1. The Kier molecular flexibility index (Phi) is 24.4. The van der Waals surface area contributed by atoms with Gasteiger partial charge in [-0.1, -0.05) is 121 Å². The molecule has 216 valence electrons. The van der Waals surface area contributed by atoms with Gasteiger partial charge in [-0.25, -0.2) is 0 Å². The molecule has 0 amide bonds. The van der Waals surface area contributed by atoms with Crippen LogP contribution in [-0.2, 0) is 17.6 Å². The van der Waals surface area contributed by atoms with Crippen LogP contribution in [0.1, 0.15) is 104 Å². The predicted octanol–water partition coefficient (Wildman–Crippen LogP) is 10.1. The van der Waals surface area contributed by atoms with E-state index in [4.69, 9.17) is 0 Å². The SMILES string of the molecule is CC.CC/C=C(\C)CC.CCCCC(C)C(=O)[C@H](Cc1ccc(-c2ccc(C)cc2CC)cc1)NC.CS. The minimum atomic E-state index is -0.103. The van der Waals surface area contributed by atoms with Crippen molar-refractivity contribution in [3.05, 3.63) is 70.8 Å². The molecule has 0 fully saturated rings. The molecule has 2 atom stereocenters. The number of unbranched alkanes of at least 4 members (excludes halogenated alkanes) is 1. The summed E-state index contributed by atoms with van der Waals surface area (Å²) in [6.07, 6.45) is 11.4. The van der Waals surface area contributed by atoms with E-state index < -0.39 is 0 Å². The number of nitrogens with one attached hydrogen (secondary N) is 1. The number of carbonyl (C=O) groups is 1. The Bertz CT molecular complexity index is 885. The number of hydrogen-bond acceptors (Lipinski definition) is 3. The van der Waals surface area contributed by atoms with E-state index in [0.29, 0.717) is 5.78 Å². The third kappa shape index (κ3) is 14.9. The molecule has 38 heavy (non-hydrogen) atoms. The average Bonchev–Trinajstić information content (AvgIpc) is 2.97. The van der Waals surface area contributed by atoms with Gasteiger partial charge in [0.15, 0.2) is 5.78 Å². The van der Waals surface area contributed by atoms with E-state index in [9.17, 15) is 4.79 Å². The van der Waals surface area contributed by atoms with Gasteiger partial charge in [-0.2, -0.15) is 12.6 Å². The van der Waals surface area contributed by atoms with Crippen LogP contribution >= 0.6 is 12.6 Å². The maximum atomic E-state index is 12.7. The number of ketones is 1. The lowest BCUT2D eigenvalue weighted by atomic mass is 9.90. The molecule has 3 heteroatoms. The van der Waals surface area contributed by atoms with Gasteiger partial charge in [0.2, 0.25) is 0 Å². The summed E-state index contributed by atoms with van der Waals surface area (Å²) in [5, 5.41) is 3.23. The number of benzene rings is 2. The molecule has 0 aliphatic heterocycles. The van der Waals surface area contributed by atoms with Crippen molar-refractivity contribution in [2.75, 3.05) is 13.3 Å². The molecule has 0 radical (unpaired) electrons. The lowest BCUT2D eigenvalue weighted by Gasteiger charge is -2.20. The van der Waals surface area contributed by atoms with Crippen molar-refractivity contribution in [2.45, 2.75) is 113 Å². The summed E-state index contributed by atoms with van der Waals surface area (Å²) in [5.41, 5.74) is 7.96. The summed E-state index contributed by atoms with van der Waals surface area (Å²) in [6, 6.07) is 15.3. The molecule has 0 heterocycles. The fourth-order valence-corrected chi connectivity index (χ4v) is 4.19. The lowest BCUT2D eigenvalue weighted by Crippen LogP contribution is -2.39. The number of allylic oxidation sites excluding steroid dienone is 2. The zero-order valence-corrected chi connectivity index (χ0v) is 27.5. The van der Waals surface area contributed by atoms with Gasteiger partial charge in [0.25, 0.3) is 0 Å². The van der Waals surface area contributed by atoms with Gasteiger partial charge in [-0.3, -0.25) is 4.79 Å². The van der Waals surface area contributed by atoms with Crippen molar-refractivity contribution in [3.8, 4) is 11.1 Å². The first-order valence-corrected chi connectivity index (χ1v) is 15.7. The molecular weight excluding hydrogens is 482 g/mol. The number of thiol groups is 1. The Labute approximate surface area is 242 Å². The molecule has 1 unspecified atom stereocenters. The van der Waals surface area contributed by atoms with Gasteiger partial charge in [0.05, 0.1) is 6.04 Å². The number of Topliss-reactive ketones (excluding diaryl/α,β-unsaturated/α-hetero) is 1. The van der Waals surface area contributed by atoms with Crippen LogP contribution in [0.4, 0.5) is 0 Å². The molecule has 0 saturated heterocycles. The van der Waals surface area contributed by atoms with Crippen molar-refractivity contribution in [3.63, 3.8) is 0 Å². The summed E-state index contributed by atoms with van der Waals surface area (Å²) >= 11 is 3.53. The maximum absolute atomic E-state index is 12.7. The Balaban J connectivity index is 0. The number of aryl methyl sites for hydroxylation is 2. The molecule has 0 aliphatic rings. The first-order valence-electron chi connectivity index (χ1n) is 14.8. The highest BCUT2D eigenvalue weighted by Crippen LogP contribution is 2.26. The van der Waals surface area contributed by atoms with Crippen LogP contribution in [0.5, 0.6) is 0 Å². The van der Waals surface area contributed by atoms with Crippen LogP contribution in [0.2, 0.25) is 0 Å². The highest BCUT2D eigenvalue weighted by Gasteiger charge is 2.22. The van der Waals surface area contributed by atoms with E-state index >= 15 is 0 Å². The number of likely N-dealkylation sites (N-methyl/N-ethyl adjacent to an activating group) is 1. The third-order valence-electron chi connectivity index (χ3n) is 6.62. The highest BCUT2D eigenvalue weighted by atomic mass is 32.1. The Morgan fingerprint density at radius 1 is 1.00 bits per heavy atom. The van der Waals surface area contributed by atoms with E-state index in [1.54, 1.807) is 6.26 Å². The number of hydrogen-bond donors (Lipinski definition) is 2. The lowest BCUT2D eigenvalue weighted by molar-refractivity contribution is -0.124. The average molecular weight is 542 g/mol. The summed E-state index contributed by atoms with van der Waals surface area (Å²) < 4.78 is 0. The van der Waals surface area contributed by atoms with Crippen LogP contribution in [0.25, 0.3) is 11.1 Å². The van der Waals surface area contributed by atoms with Crippen LogP contribution in [0, 0.1) is 12.8 Å². The smallest absolute Gasteiger partial charge is 0.152 e. The zero-order valence-electron chi connectivity index (χ0n) is 26.6. The van der Waals surface area contributed by atoms with Crippen LogP contribution in [-0.4, -0.2) is 25.1 Å². The van der Waals surface area contributed by atoms with Gasteiger partial charge in [0, 0.05) is 5.92 Å². The standard InChI is InChI=1S/C25H35NO.C7H14.C2H6.CH4S/c1-6-8-9-19(4)25(27)24(26-5)17-20-11-13-22(14-12-20)23-15-10-18(3)16-21(23)7-2;1-4-6-7(3)5-2;2*1-2/h10-16,19,24,26H,6-9,17H2,1-5H3;6H,4-5H2,1-3H3;1-2H3;2H,1H3/b;7-6+;;/t19?,24-;;;/m0.../s1. The topological polar surface area (TPSA) is 29.1 Å². The molecule has 2 aromatic carbocycles. The highest BCUT2D eigenvalue weighted by molar-refractivity contribution is 7.79. The van der Waals surface area contributed by atoms with Gasteiger partial charge in [-0.05, 0) is 81.5 Å². The molecule has 2 aromatic rings. The number of rotatable bonds is 12. The molecule has 0 saturated carbocycles. The van der Waals surface area contributed by atoms with Crippen molar-refractivity contribution < 1.29 is 4.79 Å². The largest absolute Gasteiger partial charge is 0.310 e. The molecule has 1 N–H and O–H groups in total. The van der Waals surface area contributed by atoms with Gasteiger partial charge < -0.3 is 5.32 Å². The predicted molar refractivity (Wildman–Crippen MR) is 177 cm³/mol. The van der Waals surface area contributed by atoms with Gasteiger partial charge in [-0.15, -0.1) is 0 Å². The molecular formula is C35H59NOS. The molecule has 2 rings (SSSR count). The Morgan fingerprint density at radius 2 is 1.61 bits per heavy atom. The molecule has 2 nitrogen and oxygen atoms in total. The molecule has 0 aliphatic carbocycles. The fourth-order valence-electron chi connectivity index (χ4n) is 4.19. The Hall–Kier alpha value is -1.84. The minimum Gasteiger partial charge on any atom is -0.310 e. The van der Waals surface area contributed by atoms with E-state index in [0.717, 1.165) is 32.1 Å². The maximum Gasteiger partial charge on any atom is 0.152 e. The van der Waals surface area contributed by atoms with Crippen molar-refractivity contribution >= 4 is 18.4 Å². The molecule has 0 aromatic heterocycles. The zero-order chi connectivity index (χ0) is 29.5. The normalized spacial score (nSPS) is 12.1.